The van der Waals surface area contributed by atoms with Crippen molar-refractivity contribution in [1.29, 1.82) is 0 Å². The first-order valence-corrected chi connectivity index (χ1v) is 16.6. The standard InChI is InChI=1S/C17H35O8P.C17H6OS.2Na.11H2/c1-2-3-4-5-6-7-8-9-10-11-12-17(19)25-16(13-23-15-18)14-24-26(20,21)22;1-3-4-5-6-7-8-9-10-11-12-13-14-15-16-19-17(2)18;;;;;;;;;;;;;/h16,18H,2-15H2,1H3,(H2,20,21,22);1-2H3;;;11*1H/q;;2*+1;;;;;;;;;;;/p-2/t16-;;;;;;;;;;;;;;/m0............../s1. The molecule has 0 aromatic heterocycles. The minimum Gasteiger partial charge on any atom is -0.790 e. The molecule has 1 atom stereocenters. The number of unbranched alkanes of at least 4 members (excludes halogenated alkanes) is 9. The zero-order valence-corrected chi connectivity index (χ0v) is 33.8. The van der Waals surface area contributed by atoms with Crippen LogP contribution in [0.3, 0.4) is 0 Å². The van der Waals surface area contributed by atoms with Crippen molar-refractivity contribution < 1.29 is 118 Å². The Morgan fingerprint density at radius 3 is 1.64 bits per heavy atom. The largest absolute Gasteiger partial charge is 1.00 e. The van der Waals surface area contributed by atoms with E-state index >= 15 is 0 Å². The minimum absolute atomic E-state index is 0. The van der Waals surface area contributed by atoms with Crippen LogP contribution in [-0.4, -0.2) is 42.3 Å². The summed E-state index contributed by atoms with van der Waals surface area (Å²) >= 11 is 0.895. The second kappa shape index (κ2) is 40.6. The van der Waals surface area contributed by atoms with Crippen molar-refractivity contribution in [3.63, 3.8) is 0 Å². The zero-order chi connectivity index (χ0) is 33.9. The molecule has 0 aliphatic carbocycles. The van der Waals surface area contributed by atoms with Gasteiger partial charge in [-0.3, -0.25) is 9.59 Å². The van der Waals surface area contributed by atoms with E-state index in [9.17, 15) is 23.9 Å². The Kier molecular flexibility index (Phi) is 45.2. The number of aliphatic hydroxyl groups excluding tert-OH is 1. The average Bonchev–Trinajstić information content (AvgIpc) is 2.99. The van der Waals surface area contributed by atoms with E-state index in [1.807, 2.05) is 0 Å². The van der Waals surface area contributed by atoms with E-state index in [-0.39, 0.29) is 93.0 Å². The average molecular weight is 723 g/mol. The number of esters is 1. The molecule has 0 aliphatic heterocycles. The first-order valence-electron chi connectivity index (χ1n) is 14.3. The number of rotatable bonds is 18. The summed E-state index contributed by atoms with van der Waals surface area (Å²) in [5.41, 5.74) is 0. The molecule has 0 aliphatic rings. The third-order valence-corrected chi connectivity index (χ3v) is 5.86. The molecule has 0 unspecified atom stereocenters. The van der Waals surface area contributed by atoms with Crippen LogP contribution in [-0.2, 0) is 28.2 Å². The van der Waals surface area contributed by atoms with Gasteiger partial charge in [-0.2, -0.15) is 0 Å². The predicted octanol–water partition coefficient (Wildman–Crippen LogP) is 0.00220. The summed E-state index contributed by atoms with van der Waals surface area (Å²) in [6.45, 7) is 3.85. The molecule has 0 aromatic carbocycles. The van der Waals surface area contributed by atoms with Crippen LogP contribution in [0.2, 0.25) is 0 Å². The fraction of sp³-hybridized carbons (Fsp3) is 0.529. The topological polar surface area (TPSA) is 145 Å². The van der Waals surface area contributed by atoms with Gasteiger partial charge in [0.1, 0.15) is 12.9 Å². The van der Waals surface area contributed by atoms with E-state index in [2.05, 4.69) is 98.4 Å². The molecule has 0 heterocycles. The predicted molar refractivity (Wildman–Crippen MR) is 195 cm³/mol. The van der Waals surface area contributed by atoms with Crippen molar-refractivity contribution in [2.75, 3.05) is 20.0 Å². The van der Waals surface area contributed by atoms with Crippen molar-refractivity contribution >= 4 is 30.7 Å². The van der Waals surface area contributed by atoms with Crippen LogP contribution in [0.25, 0.3) is 0 Å². The molecule has 0 saturated carbocycles. The normalized spacial score (nSPS) is 9.15. The Morgan fingerprint density at radius 2 is 1.21 bits per heavy atom. The summed E-state index contributed by atoms with van der Waals surface area (Å²) in [5.74, 6) is 32.0. The molecule has 0 saturated heterocycles. The number of thioether (sulfide) groups is 1. The van der Waals surface area contributed by atoms with Gasteiger partial charge in [0.05, 0.1) is 21.0 Å². The number of aliphatic hydroxyl groups is 1. The summed E-state index contributed by atoms with van der Waals surface area (Å²) in [6.07, 6.45) is 10.6. The van der Waals surface area contributed by atoms with Gasteiger partial charge in [0.2, 0.25) is 0 Å². The van der Waals surface area contributed by atoms with Crippen LogP contribution in [0.1, 0.15) is 107 Å². The van der Waals surface area contributed by atoms with Gasteiger partial charge >= 0.3 is 65.1 Å². The van der Waals surface area contributed by atoms with Crippen molar-refractivity contribution in [1.82, 2.24) is 0 Å². The number of ether oxygens (including phenoxy) is 2. The molecule has 47 heavy (non-hydrogen) atoms. The summed E-state index contributed by atoms with van der Waals surface area (Å²) in [4.78, 5) is 43.2. The summed E-state index contributed by atoms with van der Waals surface area (Å²) < 4.78 is 24.3. The smallest absolute Gasteiger partial charge is 0.790 e. The number of phosphoric ester groups is 1. The molecule has 0 bridgehead atoms. The fourth-order valence-corrected chi connectivity index (χ4v) is 3.57. The molecular formula is C34H61Na2O9PS. The zero-order valence-electron chi connectivity index (χ0n) is 28.0. The van der Waals surface area contributed by atoms with Gasteiger partial charge < -0.3 is 33.5 Å². The summed E-state index contributed by atoms with van der Waals surface area (Å²) in [7, 11) is -5.15. The monoisotopic (exact) mass is 722 g/mol. The van der Waals surface area contributed by atoms with Gasteiger partial charge in [-0.05, 0) is 89.6 Å². The molecule has 1 N–H and O–H groups in total. The van der Waals surface area contributed by atoms with E-state index in [1.165, 1.54) is 45.4 Å². The van der Waals surface area contributed by atoms with Crippen LogP contribution < -0.4 is 68.9 Å². The van der Waals surface area contributed by atoms with Crippen molar-refractivity contribution in [3.05, 3.63) is 0 Å². The molecule has 0 rings (SSSR count). The van der Waals surface area contributed by atoms with E-state index in [0.717, 1.165) is 31.0 Å². The number of carbonyl (C=O) groups excluding carboxylic acids is 2. The molecule has 0 radical (unpaired) electrons. The first-order chi connectivity index (χ1) is 21.7. The van der Waals surface area contributed by atoms with Crippen LogP contribution in [0, 0.1) is 82.2 Å². The van der Waals surface area contributed by atoms with Gasteiger partial charge in [-0.25, -0.2) is 0 Å². The van der Waals surface area contributed by atoms with Gasteiger partial charge in [-0.15, -0.1) is 0 Å². The first kappa shape index (κ1) is 52.3. The molecule has 13 heteroatoms. The fourth-order valence-electron chi connectivity index (χ4n) is 2.97. The van der Waals surface area contributed by atoms with E-state index < -0.39 is 33.3 Å². The second-order valence-corrected chi connectivity index (χ2v) is 10.9. The Labute approximate surface area is 346 Å². The van der Waals surface area contributed by atoms with E-state index in [1.54, 1.807) is 6.92 Å². The van der Waals surface area contributed by atoms with Gasteiger partial charge in [-0.1, -0.05) is 70.6 Å². The van der Waals surface area contributed by atoms with E-state index in [4.69, 9.17) is 9.84 Å². The van der Waals surface area contributed by atoms with Crippen molar-refractivity contribution in [2.24, 2.45) is 0 Å². The molecule has 0 amide bonds. The minimum atomic E-state index is -5.15. The molecule has 0 aromatic rings. The van der Waals surface area contributed by atoms with Gasteiger partial charge in [0.25, 0.3) is 0 Å². The Bertz CT molecular complexity index is 1400. The third kappa shape index (κ3) is 48.9. The number of carbonyl (C=O) groups is 2. The maximum atomic E-state index is 11.8. The molecule has 264 valence electrons. The second-order valence-electron chi connectivity index (χ2n) is 8.73. The van der Waals surface area contributed by atoms with Gasteiger partial charge in [0, 0.05) is 40.8 Å². The number of hydrogen-bond donors (Lipinski definition) is 1. The van der Waals surface area contributed by atoms with Crippen molar-refractivity contribution in [2.45, 2.75) is 97.5 Å². The van der Waals surface area contributed by atoms with Crippen LogP contribution >= 0.6 is 19.6 Å². The maximum absolute atomic E-state index is 11.8. The quantitative estimate of drug-likeness (QED) is 0.0513. The van der Waals surface area contributed by atoms with Crippen LogP contribution in [0.15, 0.2) is 0 Å². The maximum Gasteiger partial charge on any atom is 1.00 e. The van der Waals surface area contributed by atoms with Crippen LogP contribution in [0.5, 0.6) is 0 Å². The Hall–Kier alpha value is -1.56. The Morgan fingerprint density at radius 1 is 0.766 bits per heavy atom. The summed E-state index contributed by atoms with van der Waals surface area (Å²) in [6, 6.07) is 0. The molecular weight excluding hydrogens is 661 g/mol. The SMILES string of the molecule is CC#CC#CC#CC#CC#CC#CC#CSC(C)=O.CCCCCCCCCCCCC(=O)O[C@@H](COCO)COP(=O)([O-])[O-].[HH].[HH].[HH].[HH].[HH].[HH].[HH].[HH].[HH].[HH].[HH].[Na+].[Na+]. The van der Waals surface area contributed by atoms with Crippen molar-refractivity contribution in [3.8, 4) is 82.2 Å². The number of hydrogen-bond acceptors (Lipinski definition) is 10. The number of phosphoric acid groups is 1. The molecule has 0 fully saturated rings. The third-order valence-electron chi connectivity index (χ3n) is 4.90. The molecule has 0 spiro atoms. The Balaban J connectivity index is -0.0000000411. The van der Waals surface area contributed by atoms with Gasteiger partial charge in [0.15, 0.2) is 5.12 Å². The van der Waals surface area contributed by atoms with Crippen LogP contribution in [0.4, 0.5) is 0 Å². The van der Waals surface area contributed by atoms with E-state index in [0.29, 0.717) is 6.42 Å². The molecule has 9 nitrogen and oxygen atoms in total. The summed E-state index contributed by atoms with van der Waals surface area (Å²) in [5, 5.41) is 11.0.